The molecule has 1 aromatic rings. The quantitative estimate of drug-likeness (QED) is 0.399. The third kappa shape index (κ3) is 4.82. The van der Waals surface area contributed by atoms with Crippen LogP contribution in [0.15, 0.2) is 18.2 Å². The fourth-order valence-electron chi connectivity index (χ4n) is 3.11. The van der Waals surface area contributed by atoms with Gasteiger partial charge in [-0.2, -0.15) is 0 Å². The molecule has 0 saturated carbocycles. The lowest BCUT2D eigenvalue weighted by atomic mass is 9.86. The molecule has 0 fully saturated rings. The van der Waals surface area contributed by atoms with Gasteiger partial charge in [-0.05, 0) is 51.5 Å². The maximum atomic E-state index is 13.2. The van der Waals surface area contributed by atoms with Crippen molar-refractivity contribution in [3.8, 4) is 5.75 Å². The third-order valence-electron chi connectivity index (χ3n) is 4.21. The van der Waals surface area contributed by atoms with Gasteiger partial charge in [-0.25, -0.2) is 9.69 Å². The second-order valence-electron chi connectivity index (χ2n) is 7.43. The molecule has 1 aliphatic rings. The van der Waals surface area contributed by atoms with Crippen molar-refractivity contribution in [1.82, 2.24) is 0 Å². The number of rotatable bonds is 6. The SMILES string of the molecule is CCOC(=O)[C@@H](C[N+](=O)[O-])[C@H]1C(=O)N(C(=O)OC(C)(C)C)c2ccc(OC)cc21. The largest absolute Gasteiger partial charge is 0.497 e. The number of nitro groups is 1. The number of methoxy groups -OCH3 is 1. The summed E-state index contributed by atoms with van der Waals surface area (Å²) in [4.78, 5) is 49.6. The molecule has 2 rings (SSSR count). The minimum absolute atomic E-state index is 0.00525. The molecule has 2 amide bonds. The molecular weight excluding hydrogens is 384 g/mol. The Balaban J connectivity index is 2.57. The number of imide groups is 1. The van der Waals surface area contributed by atoms with Gasteiger partial charge >= 0.3 is 12.1 Å². The van der Waals surface area contributed by atoms with Gasteiger partial charge < -0.3 is 14.2 Å². The molecule has 0 radical (unpaired) electrons. The Bertz CT molecular complexity index is 830. The fraction of sp³-hybridized carbons (Fsp3) is 0.526. The van der Waals surface area contributed by atoms with Gasteiger partial charge in [-0.3, -0.25) is 19.7 Å². The summed E-state index contributed by atoms with van der Waals surface area (Å²) in [5.74, 6) is -3.99. The van der Waals surface area contributed by atoms with Crippen molar-refractivity contribution in [3.05, 3.63) is 33.9 Å². The van der Waals surface area contributed by atoms with Crippen LogP contribution in [0.2, 0.25) is 0 Å². The van der Waals surface area contributed by atoms with Gasteiger partial charge in [0.05, 0.1) is 25.3 Å². The highest BCUT2D eigenvalue weighted by Crippen LogP contribution is 2.44. The van der Waals surface area contributed by atoms with Crippen molar-refractivity contribution in [2.75, 3.05) is 25.2 Å². The van der Waals surface area contributed by atoms with E-state index in [4.69, 9.17) is 14.2 Å². The van der Waals surface area contributed by atoms with Gasteiger partial charge in [0, 0.05) is 4.92 Å². The molecule has 29 heavy (non-hydrogen) atoms. The van der Waals surface area contributed by atoms with Crippen molar-refractivity contribution >= 4 is 23.7 Å². The summed E-state index contributed by atoms with van der Waals surface area (Å²) in [6.45, 7) is 5.66. The van der Waals surface area contributed by atoms with Crippen molar-refractivity contribution in [1.29, 1.82) is 0 Å². The number of hydrogen-bond acceptors (Lipinski definition) is 8. The Morgan fingerprint density at radius 3 is 2.48 bits per heavy atom. The smallest absolute Gasteiger partial charge is 0.421 e. The van der Waals surface area contributed by atoms with E-state index in [0.717, 1.165) is 4.90 Å². The molecule has 0 N–H and O–H groups in total. The average Bonchev–Trinajstić information content (AvgIpc) is 2.89. The number of nitrogens with zero attached hydrogens (tertiary/aromatic N) is 2. The third-order valence-corrected chi connectivity index (χ3v) is 4.21. The zero-order valence-electron chi connectivity index (χ0n) is 17.0. The van der Waals surface area contributed by atoms with Gasteiger partial charge in [-0.15, -0.1) is 0 Å². The first-order chi connectivity index (χ1) is 13.5. The predicted molar refractivity (Wildman–Crippen MR) is 101 cm³/mol. The molecule has 10 heteroatoms. The molecule has 1 aliphatic heterocycles. The molecule has 0 aliphatic carbocycles. The van der Waals surface area contributed by atoms with Crippen LogP contribution in [0, 0.1) is 16.0 Å². The number of ether oxygens (including phenoxy) is 3. The lowest BCUT2D eigenvalue weighted by Gasteiger charge is -2.24. The molecular formula is C19H24N2O8. The van der Waals surface area contributed by atoms with Crippen LogP contribution < -0.4 is 9.64 Å². The highest BCUT2D eigenvalue weighted by molar-refractivity contribution is 6.20. The van der Waals surface area contributed by atoms with E-state index in [9.17, 15) is 24.5 Å². The van der Waals surface area contributed by atoms with E-state index in [-0.39, 0.29) is 17.9 Å². The normalized spacial score (nSPS) is 16.8. The van der Waals surface area contributed by atoms with Crippen molar-refractivity contribution in [2.45, 2.75) is 39.2 Å². The summed E-state index contributed by atoms with van der Waals surface area (Å²) in [6.07, 6.45) is -0.930. The molecule has 2 atom stereocenters. The van der Waals surface area contributed by atoms with Gasteiger partial charge in [0.15, 0.2) is 0 Å². The lowest BCUT2D eigenvalue weighted by molar-refractivity contribution is -0.486. The van der Waals surface area contributed by atoms with Crippen LogP contribution in [0.1, 0.15) is 39.2 Å². The van der Waals surface area contributed by atoms with E-state index in [1.165, 1.54) is 19.2 Å². The van der Waals surface area contributed by atoms with E-state index in [2.05, 4.69) is 0 Å². The number of esters is 1. The first kappa shape index (κ1) is 22.1. The molecule has 1 aromatic carbocycles. The Labute approximate surface area is 167 Å². The Morgan fingerprint density at radius 1 is 1.31 bits per heavy atom. The zero-order chi connectivity index (χ0) is 21.9. The van der Waals surface area contributed by atoms with Gasteiger partial charge in [-0.1, -0.05) is 0 Å². The molecule has 0 spiro atoms. The number of anilines is 1. The monoisotopic (exact) mass is 408 g/mol. The summed E-state index contributed by atoms with van der Waals surface area (Å²) in [5, 5.41) is 11.2. The first-order valence-electron chi connectivity index (χ1n) is 9.03. The van der Waals surface area contributed by atoms with Crippen LogP contribution in [-0.4, -0.2) is 48.8 Å². The van der Waals surface area contributed by atoms with Crippen LogP contribution in [0.3, 0.4) is 0 Å². The van der Waals surface area contributed by atoms with Crippen LogP contribution in [0.25, 0.3) is 0 Å². The molecule has 10 nitrogen and oxygen atoms in total. The first-order valence-corrected chi connectivity index (χ1v) is 9.03. The van der Waals surface area contributed by atoms with E-state index in [0.29, 0.717) is 5.75 Å². The maximum Gasteiger partial charge on any atom is 0.421 e. The summed E-state index contributed by atoms with van der Waals surface area (Å²) in [5.41, 5.74) is -0.420. The average molecular weight is 408 g/mol. The predicted octanol–water partition coefficient (Wildman–Crippen LogP) is 2.52. The Morgan fingerprint density at radius 2 is 1.97 bits per heavy atom. The van der Waals surface area contributed by atoms with Crippen LogP contribution in [0.4, 0.5) is 10.5 Å². The number of hydrogen-bond donors (Lipinski definition) is 0. The van der Waals surface area contributed by atoms with Crippen molar-refractivity contribution in [2.24, 2.45) is 5.92 Å². The Hall–Kier alpha value is -3.17. The van der Waals surface area contributed by atoms with Crippen molar-refractivity contribution < 1.29 is 33.5 Å². The zero-order valence-corrected chi connectivity index (χ0v) is 17.0. The van der Waals surface area contributed by atoms with Gasteiger partial charge in [0.2, 0.25) is 12.5 Å². The van der Waals surface area contributed by atoms with Crippen LogP contribution >= 0.6 is 0 Å². The standard InChI is InChI=1S/C19H24N2O8/c1-6-28-17(23)13(10-20(25)26)15-12-9-11(27-5)7-8-14(12)21(16(15)22)18(24)29-19(2,3)4/h7-9,13,15H,6,10H2,1-5H3/t13-,15-/m0/s1. The second-order valence-corrected chi connectivity index (χ2v) is 7.43. The maximum absolute atomic E-state index is 13.2. The number of carbonyl (C=O) groups is 3. The summed E-state index contributed by atoms with van der Waals surface area (Å²) < 4.78 is 15.4. The number of amides is 2. The minimum Gasteiger partial charge on any atom is -0.497 e. The molecule has 158 valence electrons. The second kappa shape index (κ2) is 8.46. The van der Waals surface area contributed by atoms with Gasteiger partial charge in [0.1, 0.15) is 17.3 Å². The Kier molecular flexibility index (Phi) is 6.45. The molecule has 1 heterocycles. The fourth-order valence-corrected chi connectivity index (χ4v) is 3.11. The molecule has 0 unspecified atom stereocenters. The topological polar surface area (TPSA) is 125 Å². The van der Waals surface area contributed by atoms with Gasteiger partial charge in [0.25, 0.3) is 0 Å². The van der Waals surface area contributed by atoms with E-state index < -0.39 is 46.9 Å². The number of benzene rings is 1. The molecule has 0 aromatic heterocycles. The summed E-state index contributed by atoms with van der Waals surface area (Å²) in [7, 11) is 1.42. The summed E-state index contributed by atoms with van der Waals surface area (Å²) >= 11 is 0. The number of carbonyl (C=O) groups excluding carboxylic acids is 3. The lowest BCUT2D eigenvalue weighted by Crippen LogP contribution is -2.42. The van der Waals surface area contributed by atoms with Crippen molar-refractivity contribution in [3.63, 3.8) is 0 Å². The molecule has 0 bridgehead atoms. The van der Waals surface area contributed by atoms with E-state index in [1.807, 2.05) is 0 Å². The van der Waals surface area contributed by atoms with Crippen LogP contribution in [-0.2, 0) is 19.1 Å². The highest BCUT2D eigenvalue weighted by atomic mass is 16.6. The minimum atomic E-state index is -1.41. The summed E-state index contributed by atoms with van der Waals surface area (Å²) in [6, 6.07) is 4.50. The highest BCUT2D eigenvalue weighted by Gasteiger charge is 2.50. The van der Waals surface area contributed by atoms with E-state index in [1.54, 1.807) is 33.8 Å². The van der Waals surface area contributed by atoms with E-state index >= 15 is 0 Å². The number of fused-ring (bicyclic) bond motifs is 1. The van der Waals surface area contributed by atoms with Crippen LogP contribution in [0.5, 0.6) is 5.75 Å². The molecule has 0 saturated heterocycles.